The number of anilines is 1. The van der Waals surface area contributed by atoms with Crippen LogP contribution in [-0.2, 0) is 35.5 Å². The highest BCUT2D eigenvalue weighted by atomic mass is 16.5. The fraction of sp³-hybridized carbons (Fsp3) is 0.381. The van der Waals surface area contributed by atoms with Crippen molar-refractivity contribution in [2.75, 3.05) is 19.0 Å². The van der Waals surface area contributed by atoms with Crippen LogP contribution in [0.5, 0.6) is 0 Å². The van der Waals surface area contributed by atoms with E-state index < -0.39 is 0 Å². The van der Waals surface area contributed by atoms with Crippen LogP contribution in [0.4, 0.5) is 5.69 Å². The van der Waals surface area contributed by atoms with E-state index >= 15 is 0 Å². The molecule has 0 aliphatic heterocycles. The quantitative estimate of drug-likeness (QED) is 0.712. The summed E-state index contributed by atoms with van der Waals surface area (Å²) in [6, 6.07) is 9.39. The molecule has 7 heteroatoms. The molecule has 3 aromatic rings. The van der Waals surface area contributed by atoms with E-state index in [1.54, 1.807) is 13.2 Å². The predicted octanol–water partition coefficient (Wildman–Crippen LogP) is 2.36. The van der Waals surface area contributed by atoms with Crippen molar-refractivity contribution >= 4 is 22.5 Å². The second kappa shape index (κ2) is 7.98. The number of hydrogen-bond acceptors (Lipinski definition) is 4. The molecule has 1 aliphatic carbocycles. The second-order valence-electron chi connectivity index (χ2n) is 7.11. The normalized spacial score (nSPS) is 13.5. The fourth-order valence-corrected chi connectivity index (χ4v) is 3.76. The zero-order chi connectivity index (χ0) is 19.5. The first-order valence-electron chi connectivity index (χ1n) is 9.62. The van der Waals surface area contributed by atoms with E-state index in [0.717, 1.165) is 60.1 Å². The maximum atomic E-state index is 12.6. The summed E-state index contributed by atoms with van der Waals surface area (Å²) in [6.07, 6.45) is 5.91. The van der Waals surface area contributed by atoms with Crippen molar-refractivity contribution in [1.29, 1.82) is 0 Å². The molecule has 0 unspecified atom stereocenters. The van der Waals surface area contributed by atoms with E-state index in [1.165, 1.54) is 4.68 Å². The monoisotopic (exact) mass is 380 g/mol. The van der Waals surface area contributed by atoms with Gasteiger partial charge < -0.3 is 14.6 Å². The smallest absolute Gasteiger partial charge is 0.267 e. The van der Waals surface area contributed by atoms with Gasteiger partial charge in [-0.05, 0) is 49.4 Å². The Balaban J connectivity index is 1.53. The summed E-state index contributed by atoms with van der Waals surface area (Å²) in [5.74, 6) is -0.262. The highest BCUT2D eigenvalue weighted by molar-refractivity contribution is 6.01. The molecular formula is C21H24N4O3. The summed E-state index contributed by atoms with van der Waals surface area (Å²) >= 11 is 0. The number of carbonyl (C=O) groups is 1. The first-order chi connectivity index (χ1) is 13.7. The zero-order valence-electron chi connectivity index (χ0n) is 16.0. The molecule has 2 aromatic heterocycles. The third-order valence-electron chi connectivity index (χ3n) is 5.19. The van der Waals surface area contributed by atoms with Crippen LogP contribution in [0, 0.1) is 0 Å². The topological polar surface area (TPSA) is 78.2 Å². The molecule has 0 bridgehead atoms. The van der Waals surface area contributed by atoms with E-state index in [1.807, 2.05) is 30.5 Å². The van der Waals surface area contributed by atoms with E-state index in [-0.39, 0.29) is 18.0 Å². The van der Waals surface area contributed by atoms with E-state index in [0.29, 0.717) is 6.61 Å². The Morgan fingerprint density at radius 1 is 1.25 bits per heavy atom. The van der Waals surface area contributed by atoms with Crippen molar-refractivity contribution in [3.63, 3.8) is 0 Å². The van der Waals surface area contributed by atoms with Gasteiger partial charge in [0.2, 0.25) is 5.91 Å². The lowest BCUT2D eigenvalue weighted by atomic mass is 9.97. The number of rotatable bonds is 6. The maximum Gasteiger partial charge on any atom is 0.267 e. The Labute approximate surface area is 162 Å². The average molecular weight is 380 g/mol. The van der Waals surface area contributed by atoms with Gasteiger partial charge in [0.15, 0.2) is 0 Å². The first kappa shape index (κ1) is 18.4. The number of fused-ring (bicyclic) bond motifs is 2. The summed E-state index contributed by atoms with van der Waals surface area (Å²) in [6.45, 7) is 1.27. The number of ether oxygens (including phenoxy) is 1. The zero-order valence-corrected chi connectivity index (χ0v) is 16.0. The van der Waals surface area contributed by atoms with Gasteiger partial charge in [-0.3, -0.25) is 9.59 Å². The molecule has 4 rings (SSSR count). The number of carbonyl (C=O) groups excluding carboxylic acids is 1. The van der Waals surface area contributed by atoms with Gasteiger partial charge >= 0.3 is 0 Å². The molecule has 1 N–H and O–H groups in total. The number of benzene rings is 1. The Bertz CT molecular complexity index is 1070. The SMILES string of the molecule is COCCn1ccc2c(NC(=O)Cn3nc4c(cc3=O)CCCC4)cccc21. The van der Waals surface area contributed by atoms with Crippen molar-refractivity contribution in [2.24, 2.45) is 0 Å². The number of amides is 1. The molecular weight excluding hydrogens is 356 g/mol. The minimum atomic E-state index is -0.262. The Kier molecular flexibility index (Phi) is 5.25. The number of nitrogens with one attached hydrogen (secondary N) is 1. The van der Waals surface area contributed by atoms with Crippen LogP contribution in [0.2, 0.25) is 0 Å². The average Bonchev–Trinajstić information content (AvgIpc) is 3.11. The minimum absolute atomic E-state index is 0.0904. The molecule has 1 aliphatic rings. The molecule has 0 radical (unpaired) electrons. The van der Waals surface area contributed by atoms with E-state index in [9.17, 15) is 9.59 Å². The lowest BCUT2D eigenvalue weighted by Gasteiger charge is -2.16. The lowest BCUT2D eigenvalue weighted by molar-refractivity contribution is -0.117. The molecule has 28 heavy (non-hydrogen) atoms. The summed E-state index contributed by atoms with van der Waals surface area (Å²) in [7, 11) is 1.67. The van der Waals surface area contributed by atoms with Crippen molar-refractivity contribution in [3.05, 3.63) is 58.1 Å². The van der Waals surface area contributed by atoms with Gasteiger partial charge in [-0.2, -0.15) is 5.10 Å². The highest BCUT2D eigenvalue weighted by Gasteiger charge is 2.15. The van der Waals surface area contributed by atoms with Crippen LogP contribution in [0.15, 0.2) is 41.3 Å². The van der Waals surface area contributed by atoms with Crippen molar-refractivity contribution in [2.45, 2.75) is 38.8 Å². The summed E-state index contributed by atoms with van der Waals surface area (Å²) in [5.41, 5.74) is 3.49. The van der Waals surface area contributed by atoms with Crippen LogP contribution in [0.3, 0.4) is 0 Å². The Morgan fingerprint density at radius 2 is 2.11 bits per heavy atom. The predicted molar refractivity (Wildman–Crippen MR) is 108 cm³/mol. The highest BCUT2D eigenvalue weighted by Crippen LogP contribution is 2.24. The Hall–Kier alpha value is -2.93. The molecule has 0 saturated carbocycles. The van der Waals surface area contributed by atoms with Gasteiger partial charge in [0.1, 0.15) is 6.54 Å². The molecule has 2 heterocycles. The number of methoxy groups -OCH3 is 1. The summed E-state index contributed by atoms with van der Waals surface area (Å²) < 4.78 is 8.50. The molecule has 7 nitrogen and oxygen atoms in total. The van der Waals surface area contributed by atoms with Crippen molar-refractivity contribution in [3.8, 4) is 0 Å². The standard InChI is InChI=1S/C21H24N4O3/c1-28-12-11-24-10-9-16-18(7-4-8-19(16)24)22-20(26)14-25-21(27)13-15-5-2-3-6-17(15)23-25/h4,7-10,13H,2-3,5-6,11-12,14H2,1H3,(H,22,26). The van der Waals surface area contributed by atoms with E-state index in [2.05, 4.69) is 15.0 Å². The molecule has 0 saturated heterocycles. The molecule has 0 fully saturated rings. The minimum Gasteiger partial charge on any atom is -0.383 e. The second-order valence-corrected chi connectivity index (χ2v) is 7.11. The van der Waals surface area contributed by atoms with Gasteiger partial charge in [-0.25, -0.2) is 4.68 Å². The number of nitrogens with zero attached hydrogens (tertiary/aromatic N) is 3. The first-order valence-corrected chi connectivity index (χ1v) is 9.62. The molecule has 1 amide bonds. The van der Waals surface area contributed by atoms with Crippen molar-refractivity contribution < 1.29 is 9.53 Å². The van der Waals surface area contributed by atoms with Gasteiger partial charge in [-0.15, -0.1) is 0 Å². The largest absolute Gasteiger partial charge is 0.383 e. The summed E-state index contributed by atoms with van der Waals surface area (Å²) in [4.78, 5) is 24.9. The van der Waals surface area contributed by atoms with Gasteiger partial charge in [0.25, 0.3) is 5.56 Å². The summed E-state index contributed by atoms with van der Waals surface area (Å²) in [5, 5.41) is 8.30. The van der Waals surface area contributed by atoms with Crippen LogP contribution in [-0.4, -0.2) is 34.0 Å². The van der Waals surface area contributed by atoms with Crippen molar-refractivity contribution in [1.82, 2.24) is 14.3 Å². The third kappa shape index (κ3) is 3.71. The molecule has 0 spiro atoms. The van der Waals surface area contributed by atoms with Crippen LogP contribution in [0.25, 0.3) is 10.9 Å². The van der Waals surface area contributed by atoms with Gasteiger partial charge in [0.05, 0.1) is 23.5 Å². The van der Waals surface area contributed by atoms with E-state index in [4.69, 9.17) is 4.74 Å². The Morgan fingerprint density at radius 3 is 2.96 bits per heavy atom. The van der Waals surface area contributed by atoms with Crippen LogP contribution < -0.4 is 10.9 Å². The van der Waals surface area contributed by atoms with Gasteiger partial charge in [0, 0.05) is 31.3 Å². The van der Waals surface area contributed by atoms with Crippen LogP contribution >= 0.6 is 0 Å². The number of aryl methyl sites for hydroxylation is 2. The van der Waals surface area contributed by atoms with Gasteiger partial charge in [-0.1, -0.05) is 6.07 Å². The number of hydrogen-bond donors (Lipinski definition) is 1. The fourth-order valence-electron chi connectivity index (χ4n) is 3.76. The molecule has 0 atom stereocenters. The maximum absolute atomic E-state index is 12.6. The lowest BCUT2D eigenvalue weighted by Crippen LogP contribution is -2.31. The molecule has 146 valence electrons. The van der Waals surface area contributed by atoms with Crippen LogP contribution in [0.1, 0.15) is 24.1 Å². The third-order valence-corrected chi connectivity index (χ3v) is 5.19. The number of aromatic nitrogens is 3. The molecule has 1 aromatic carbocycles.